The minimum absolute atomic E-state index is 0.0498. The fourth-order valence-corrected chi connectivity index (χ4v) is 4.66. The molecular weight excluding hydrogens is 436 g/mol. The van der Waals surface area contributed by atoms with E-state index in [2.05, 4.69) is 13.8 Å². The van der Waals surface area contributed by atoms with Crippen molar-refractivity contribution in [3.05, 3.63) is 82.0 Å². The molecule has 0 saturated carbocycles. The summed E-state index contributed by atoms with van der Waals surface area (Å²) in [6, 6.07) is 17.2. The van der Waals surface area contributed by atoms with Crippen molar-refractivity contribution in [1.82, 2.24) is 4.90 Å². The Labute approximate surface area is 197 Å². The lowest BCUT2D eigenvalue weighted by molar-refractivity contribution is -0.122. The van der Waals surface area contributed by atoms with Gasteiger partial charge in [0.25, 0.3) is 11.8 Å². The Balaban J connectivity index is 1.66. The smallest absolute Gasteiger partial charge is 0.257 e. The molecular formula is C26H26N2O4S. The summed E-state index contributed by atoms with van der Waals surface area (Å²) in [7, 11) is 1.54. The molecule has 170 valence electrons. The molecule has 33 heavy (non-hydrogen) atoms. The van der Waals surface area contributed by atoms with E-state index >= 15 is 0 Å². The van der Waals surface area contributed by atoms with Crippen LogP contribution < -0.4 is 9.64 Å². The van der Waals surface area contributed by atoms with Crippen molar-refractivity contribution in [1.29, 1.82) is 0 Å². The zero-order chi connectivity index (χ0) is 23.5. The van der Waals surface area contributed by atoms with E-state index in [1.54, 1.807) is 36.4 Å². The van der Waals surface area contributed by atoms with E-state index in [4.69, 9.17) is 4.74 Å². The minimum atomic E-state index is -0.872. The molecule has 1 fully saturated rings. The predicted molar refractivity (Wildman–Crippen MR) is 129 cm³/mol. The highest BCUT2D eigenvalue weighted by Crippen LogP contribution is 2.30. The van der Waals surface area contributed by atoms with Crippen LogP contribution in [-0.4, -0.2) is 35.8 Å². The van der Waals surface area contributed by atoms with Crippen molar-refractivity contribution >= 4 is 34.7 Å². The van der Waals surface area contributed by atoms with Crippen molar-refractivity contribution in [2.45, 2.75) is 38.8 Å². The van der Waals surface area contributed by atoms with Gasteiger partial charge in [-0.05, 0) is 53.3 Å². The van der Waals surface area contributed by atoms with Crippen LogP contribution in [0.1, 0.15) is 47.0 Å². The van der Waals surface area contributed by atoms with Gasteiger partial charge >= 0.3 is 0 Å². The van der Waals surface area contributed by atoms with Crippen LogP contribution in [0.5, 0.6) is 5.75 Å². The molecule has 1 aliphatic heterocycles. The molecule has 0 radical (unpaired) electrons. The van der Waals surface area contributed by atoms with E-state index in [0.29, 0.717) is 22.9 Å². The van der Waals surface area contributed by atoms with Crippen LogP contribution in [0.25, 0.3) is 0 Å². The maximum Gasteiger partial charge on any atom is 0.257 e. The molecule has 2 heterocycles. The fraction of sp³-hybridized carbons (Fsp3) is 0.269. The Hall–Kier alpha value is -3.45. The molecule has 1 atom stereocenters. The van der Waals surface area contributed by atoms with Gasteiger partial charge < -0.3 is 9.64 Å². The Morgan fingerprint density at radius 3 is 2.52 bits per heavy atom. The number of methoxy groups -OCH3 is 1. The number of amides is 3. The Kier molecular flexibility index (Phi) is 6.60. The number of carbonyl (C=O) groups is 3. The number of ether oxygens (including phenoxy) is 1. The first-order chi connectivity index (χ1) is 15.9. The number of thiophene rings is 1. The van der Waals surface area contributed by atoms with Gasteiger partial charge in [-0.25, -0.2) is 4.90 Å². The molecule has 4 rings (SSSR count). The van der Waals surface area contributed by atoms with E-state index < -0.39 is 6.04 Å². The number of imide groups is 1. The first kappa shape index (κ1) is 22.7. The second-order valence-electron chi connectivity index (χ2n) is 8.28. The number of rotatable bonds is 7. The third-order valence-electron chi connectivity index (χ3n) is 5.80. The monoisotopic (exact) mass is 462 g/mol. The maximum atomic E-state index is 13.5. The van der Waals surface area contributed by atoms with Gasteiger partial charge in [0.15, 0.2) is 0 Å². The summed E-state index contributed by atoms with van der Waals surface area (Å²) < 4.78 is 5.26. The minimum Gasteiger partial charge on any atom is -0.497 e. The Morgan fingerprint density at radius 1 is 1.12 bits per heavy atom. The third-order valence-corrected chi connectivity index (χ3v) is 6.66. The van der Waals surface area contributed by atoms with Crippen LogP contribution in [0, 0.1) is 0 Å². The Morgan fingerprint density at radius 2 is 1.88 bits per heavy atom. The summed E-state index contributed by atoms with van der Waals surface area (Å²) in [6.07, 6.45) is -0.0498. The Bertz CT molecular complexity index is 1160. The van der Waals surface area contributed by atoms with Crippen molar-refractivity contribution in [2.75, 3.05) is 12.0 Å². The lowest BCUT2D eigenvalue weighted by Gasteiger charge is -2.27. The standard InChI is InChI=1S/C26H26N2O4S/c1-17(2)18-9-11-20(12-10-18)28-24(29)15-23(26(28)31)27(16-22-8-5-13-33-22)25(30)19-6-4-7-21(14-19)32-3/h4-14,17,23H,15-16H2,1-3H3. The van der Waals surface area contributed by atoms with Crippen LogP contribution >= 0.6 is 11.3 Å². The third kappa shape index (κ3) is 4.68. The van der Waals surface area contributed by atoms with Gasteiger partial charge in [-0.15, -0.1) is 11.3 Å². The molecule has 1 saturated heterocycles. The van der Waals surface area contributed by atoms with Gasteiger partial charge in [0.05, 0.1) is 25.8 Å². The van der Waals surface area contributed by atoms with Crippen molar-refractivity contribution in [3.63, 3.8) is 0 Å². The normalized spacial score (nSPS) is 15.9. The van der Waals surface area contributed by atoms with Gasteiger partial charge in [-0.3, -0.25) is 14.4 Å². The number of anilines is 1. The highest BCUT2D eigenvalue weighted by Gasteiger charge is 2.44. The number of hydrogen-bond acceptors (Lipinski definition) is 5. The molecule has 1 aliphatic rings. The second-order valence-corrected chi connectivity index (χ2v) is 9.31. The number of hydrogen-bond donors (Lipinski definition) is 0. The molecule has 0 aliphatic carbocycles. The summed E-state index contributed by atoms with van der Waals surface area (Å²) in [6.45, 7) is 4.42. The summed E-state index contributed by atoms with van der Waals surface area (Å²) in [4.78, 5) is 43.6. The van der Waals surface area contributed by atoms with E-state index in [0.717, 1.165) is 10.4 Å². The number of nitrogens with zero attached hydrogens (tertiary/aromatic N) is 2. The van der Waals surface area contributed by atoms with Gasteiger partial charge in [0.1, 0.15) is 11.8 Å². The van der Waals surface area contributed by atoms with E-state index in [-0.39, 0.29) is 30.7 Å². The van der Waals surface area contributed by atoms with E-state index in [1.165, 1.54) is 28.2 Å². The quantitative estimate of drug-likeness (QED) is 0.471. The SMILES string of the molecule is COc1cccc(C(=O)N(Cc2cccs2)C2CC(=O)N(c3ccc(C(C)C)cc3)C2=O)c1. The first-order valence-electron chi connectivity index (χ1n) is 10.8. The summed E-state index contributed by atoms with van der Waals surface area (Å²) >= 11 is 1.51. The fourth-order valence-electron chi connectivity index (χ4n) is 3.95. The van der Waals surface area contributed by atoms with Crippen LogP contribution in [-0.2, 0) is 16.1 Å². The molecule has 3 aromatic rings. The van der Waals surface area contributed by atoms with Gasteiger partial charge in [-0.1, -0.05) is 38.1 Å². The summed E-state index contributed by atoms with van der Waals surface area (Å²) in [5, 5.41) is 1.92. The highest BCUT2D eigenvalue weighted by atomic mass is 32.1. The van der Waals surface area contributed by atoms with E-state index in [1.807, 2.05) is 29.6 Å². The molecule has 3 amide bonds. The van der Waals surface area contributed by atoms with Crippen molar-refractivity contribution < 1.29 is 19.1 Å². The van der Waals surface area contributed by atoms with E-state index in [9.17, 15) is 14.4 Å². The zero-order valence-corrected chi connectivity index (χ0v) is 19.7. The van der Waals surface area contributed by atoms with Gasteiger partial charge in [0.2, 0.25) is 5.91 Å². The average Bonchev–Trinajstić information content (AvgIpc) is 3.44. The molecule has 0 bridgehead atoms. The molecule has 0 N–H and O–H groups in total. The number of carbonyl (C=O) groups excluding carboxylic acids is 3. The van der Waals surface area contributed by atoms with Crippen molar-refractivity contribution in [3.8, 4) is 5.75 Å². The summed E-state index contributed by atoms with van der Waals surface area (Å²) in [5.41, 5.74) is 2.06. The van der Waals surface area contributed by atoms with Crippen LogP contribution in [0.15, 0.2) is 66.0 Å². The lowest BCUT2D eigenvalue weighted by Crippen LogP contribution is -2.45. The largest absolute Gasteiger partial charge is 0.497 e. The highest BCUT2D eigenvalue weighted by molar-refractivity contribution is 7.09. The molecule has 2 aromatic carbocycles. The number of benzene rings is 2. The maximum absolute atomic E-state index is 13.5. The van der Waals surface area contributed by atoms with Crippen LogP contribution in [0.3, 0.4) is 0 Å². The van der Waals surface area contributed by atoms with Crippen LogP contribution in [0.2, 0.25) is 0 Å². The van der Waals surface area contributed by atoms with Gasteiger partial charge in [-0.2, -0.15) is 0 Å². The molecule has 1 aromatic heterocycles. The van der Waals surface area contributed by atoms with Crippen LogP contribution in [0.4, 0.5) is 5.69 Å². The predicted octanol–water partition coefficient (Wildman–Crippen LogP) is 4.85. The van der Waals surface area contributed by atoms with Crippen molar-refractivity contribution in [2.24, 2.45) is 0 Å². The second kappa shape index (κ2) is 9.58. The molecule has 1 unspecified atom stereocenters. The topological polar surface area (TPSA) is 66.9 Å². The lowest BCUT2D eigenvalue weighted by atomic mass is 10.0. The molecule has 0 spiro atoms. The zero-order valence-electron chi connectivity index (χ0n) is 18.9. The molecule has 7 heteroatoms. The van der Waals surface area contributed by atoms with Gasteiger partial charge in [0, 0.05) is 10.4 Å². The first-order valence-corrected chi connectivity index (χ1v) is 11.7. The molecule has 6 nitrogen and oxygen atoms in total. The average molecular weight is 463 g/mol. The summed E-state index contributed by atoms with van der Waals surface area (Å²) in [5.74, 6) is -0.108.